The van der Waals surface area contributed by atoms with Gasteiger partial charge in [0.2, 0.25) is 0 Å². The van der Waals surface area contributed by atoms with Crippen molar-refractivity contribution in [3.05, 3.63) is 59.4 Å². The number of carbonyl (C=O) groups excluding carboxylic acids is 1. The molecule has 0 aliphatic carbocycles. The maximum absolute atomic E-state index is 11.7. The number of rotatable bonds is 4. The third kappa shape index (κ3) is 2.82. The van der Waals surface area contributed by atoms with Crippen LogP contribution in [0.25, 0.3) is 0 Å². The molecule has 4 heteroatoms. The Labute approximate surface area is 130 Å². The third-order valence-corrected chi connectivity index (χ3v) is 4.12. The van der Waals surface area contributed by atoms with Crippen molar-refractivity contribution in [1.82, 2.24) is 4.57 Å². The maximum atomic E-state index is 11.7. The van der Waals surface area contributed by atoms with Gasteiger partial charge in [-0.25, -0.2) is 9.37 Å². The van der Waals surface area contributed by atoms with E-state index in [0.717, 1.165) is 19.6 Å². The Balaban J connectivity index is 1.77. The second-order valence-corrected chi connectivity index (χ2v) is 5.51. The molecule has 1 aromatic heterocycles. The number of nitrogens with zero attached hydrogens (tertiary/aromatic N) is 2. The molecule has 0 saturated carbocycles. The van der Waals surface area contributed by atoms with Crippen molar-refractivity contribution >= 4 is 11.7 Å². The summed E-state index contributed by atoms with van der Waals surface area (Å²) in [7, 11) is 0. The van der Waals surface area contributed by atoms with Crippen molar-refractivity contribution in [3.63, 3.8) is 0 Å². The highest BCUT2D eigenvalue weighted by atomic mass is 16.5. The van der Waals surface area contributed by atoms with Gasteiger partial charge in [-0.05, 0) is 31.2 Å². The van der Waals surface area contributed by atoms with E-state index in [-0.39, 0.29) is 5.97 Å². The number of benzene rings is 1. The number of ether oxygens (including phenoxy) is 1. The van der Waals surface area contributed by atoms with Crippen LogP contribution in [0, 0.1) is 0 Å². The third-order valence-electron chi connectivity index (χ3n) is 4.12. The lowest BCUT2D eigenvalue weighted by atomic mass is 10.1. The van der Waals surface area contributed by atoms with Crippen LogP contribution in [0.3, 0.4) is 0 Å². The first-order chi connectivity index (χ1) is 10.7. The van der Waals surface area contributed by atoms with Gasteiger partial charge in [-0.15, -0.1) is 0 Å². The topological polar surface area (TPSA) is 34.2 Å². The summed E-state index contributed by atoms with van der Waals surface area (Å²) in [5, 5.41) is 0. The first kappa shape index (κ1) is 14.6. The molecule has 1 aliphatic heterocycles. The summed E-state index contributed by atoms with van der Waals surface area (Å²) in [5.41, 5.74) is 4.39. The molecule has 0 saturated heterocycles. The van der Waals surface area contributed by atoms with Gasteiger partial charge in [0.05, 0.1) is 18.7 Å². The van der Waals surface area contributed by atoms with E-state index in [1.165, 1.54) is 17.0 Å². The van der Waals surface area contributed by atoms with Crippen molar-refractivity contribution in [2.24, 2.45) is 0 Å². The molecule has 114 valence electrons. The van der Waals surface area contributed by atoms with Crippen molar-refractivity contribution in [1.29, 1.82) is 0 Å². The minimum Gasteiger partial charge on any atom is -0.462 e. The molecule has 2 aromatic rings. The SMILES string of the molecule is CCOC(=O)c1ccc(C[N+]2=C(C)c3cccn3CC2)cc1. The molecule has 4 nitrogen and oxygen atoms in total. The summed E-state index contributed by atoms with van der Waals surface area (Å²) in [6, 6.07) is 12.0. The quantitative estimate of drug-likeness (QED) is 0.642. The molecule has 0 unspecified atom stereocenters. The molecule has 0 spiro atoms. The lowest BCUT2D eigenvalue weighted by molar-refractivity contribution is -0.547. The molecule has 0 fully saturated rings. The van der Waals surface area contributed by atoms with Crippen LogP contribution < -0.4 is 0 Å². The minimum absolute atomic E-state index is 0.257. The summed E-state index contributed by atoms with van der Waals surface area (Å²) in [6.45, 7) is 7.27. The lowest BCUT2D eigenvalue weighted by Crippen LogP contribution is -2.30. The minimum atomic E-state index is -0.257. The normalized spacial score (nSPS) is 13.9. The lowest BCUT2D eigenvalue weighted by Gasteiger charge is -2.16. The predicted octanol–water partition coefficient (Wildman–Crippen LogP) is 2.70. The van der Waals surface area contributed by atoms with Gasteiger partial charge in [-0.1, -0.05) is 12.1 Å². The molecule has 2 heterocycles. The van der Waals surface area contributed by atoms with Crippen LogP contribution in [0.2, 0.25) is 0 Å². The summed E-state index contributed by atoms with van der Waals surface area (Å²) < 4.78 is 9.68. The highest BCUT2D eigenvalue weighted by Crippen LogP contribution is 2.13. The van der Waals surface area contributed by atoms with E-state index >= 15 is 0 Å². The van der Waals surface area contributed by atoms with Gasteiger partial charge < -0.3 is 9.30 Å². The number of fused-ring (bicyclic) bond motifs is 1. The van der Waals surface area contributed by atoms with Crippen molar-refractivity contribution in [2.45, 2.75) is 26.9 Å². The van der Waals surface area contributed by atoms with Crippen LogP contribution in [-0.2, 0) is 17.8 Å². The highest BCUT2D eigenvalue weighted by molar-refractivity contribution is 5.93. The summed E-state index contributed by atoms with van der Waals surface area (Å²) >= 11 is 0. The van der Waals surface area contributed by atoms with Gasteiger partial charge in [0.25, 0.3) is 0 Å². The van der Waals surface area contributed by atoms with Crippen LogP contribution in [0.5, 0.6) is 0 Å². The molecule has 1 aliphatic rings. The molecular formula is C18H21N2O2+. The van der Waals surface area contributed by atoms with Crippen LogP contribution in [-0.4, -0.2) is 34.0 Å². The molecule has 1 aromatic carbocycles. The Bertz CT molecular complexity index is 711. The Kier molecular flexibility index (Phi) is 4.09. The number of esters is 1. The highest BCUT2D eigenvalue weighted by Gasteiger charge is 2.21. The van der Waals surface area contributed by atoms with Gasteiger partial charge in [0, 0.05) is 18.7 Å². The molecule has 0 bridgehead atoms. The van der Waals surface area contributed by atoms with Gasteiger partial charge >= 0.3 is 5.97 Å². The standard InChI is InChI=1S/C18H21N2O2/c1-3-22-18(21)16-8-6-15(7-9-16)13-20-12-11-19-10-4-5-17(19)14(20)2/h4-10H,3,11-13H2,1-2H3/q+1. The van der Waals surface area contributed by atoms with E-state index in [0.29, 0.717) is 12.2 Å². The predicted molar refractivity (Wildman–Crippen MR) is 85.4 cm³/mol. The average molecular weight is 297 g/mol. The van der Waals surface area contributed by atoms with E-state index in [9.17, 15) is 4.79 Å². The van der Waals surface area contributed by atoms with E-state index in [1.54, 1.807) is 0 Å². The van der Waals surface area contributed by atoms with E-state index in [1.807, 2.05) is 31.2 Å². The zero-order valence-corrected chi connectivity index (χ0v) is 13.1. The number of hydrogen-bond donors (Lipinski definition) is 0. The summed E-state index contributed by atoms with van der Waals surface area (Å²) in [5.74, 6) is -0.257. The molecular weight excluding hydrogens is 276 g/mol. The Morgan fingerprint density at radius 1 is 1.27 bits per heavy atom. The van der Waals surface area contributed by atoms with Crippen molar-refractivity contribution in [2.75, 3.05) is 13.2 Å². The largest absolute Gasteiger partial charge is 0.462 e. The van der Waals surface area contributed by atoms with Gasteiger partial charge in [0.15, 0.2) is 18.8 Å². The fourth-order valence-corrected chi connectivity index (χ4v) is 2.87. The van der Waals surface area contributed by atoms with Gasteiger partial charge in [-0.2, -0.15) is 0 Å². The van der Waals surface area contributed by atoms with Crippen molar-refractivity contribution in [3.8, 4) is 0 Å². The fourth-order valence-electron chi connectivity index (χ4n) is 2.87. The second-order valence-electron chi connectivity index (χ2n) is 5.51. The van der Waals surface area contributed by atoms with Gasteiger partial charge in [-0.3, -0.25) is 0 Å². The van der Waals surface area contributed by atoms with Crippen LogP contribution >= 0.6 is 0 Å². The van der Waals surface area contributed by atoms with E-state index in [4.69, 9.17) is 4.74 Å². The number of carbonyl (C=O) groups is 1. The smallest absolute Gasteiger partial charge is 0.338 e. The molecule has 0 atom stereocenters. The zero-order valence-electron chi connectivity index (χ0n) is 13.1. The molecule has 0 N–H and O–H groups in total. The first-order valence-electron chi connectivity index (χ1n) is 7.69. The average Bonchev–Trinajstić information content (AvgIpc) is 3.00. The summed E-state index contributed by atoms with van der Waals surface area (Å²) in [6.07, 6.45) is 2.13. The van der Waals surface area contributed by atoms with Crippen LogP contribution in [0.1, 0.15) is 35.5 Å². The maximum Gasteiger partial charge on any atom is 0.338 e. The Morgan fingerprint density at radius 3 is 2.77 bits per heavy atom. The van der Waals surface area contributed by atoms with Crippen LogP contribution in [0.4, 0.5) is 0 Å². The second kappa shape index (κ2) is 6.18. The van der Waals surface area contributed by atoms with E-state index in [2.05, 4.69) is 34.4 Å². The Hall–Kier alpha value is -2.36. The molecule has 22 heavy (non-hydrogen) atoms. The molecule has 0 amide bonds. The van der Waals surface area contributed by atoms with Gasteiger partial charge in [0.1, 0.15) is 5.69 Å². The Morgan fingerprint density at radius 2 is 2.05 bits per heavy atom. The zero-order chi connectivity index (χ0) is 15.5. The fraction of sp³-hybridized carbons (Fsp3) is 0.333. The van der Waals surface area contributed by atoms with Crippen LogP contribution in [0.15, 0.2) is 42.6 Å². The number of aromatic nitrogens is 1. The first-order valence-corrected chi connectivity index (χ1v) is 7.69. The van der Waals surface area contributed by atoms with E-state index < -0.39 is 0 Å². The molecule has 0 radical (unpaired) electrons. The molecule has 3 rings (SSSR count). The monoisotopic (exact) mass is 297 g/mol. The van der Waals surface area contributed by atoms with Crippen molar-refractivity contribution < 1.29 is 14.1 Å². The summed E-state index contributed by atoms with van der Waals surface area (Å²) in [4.78, 5) is 11.7. The number of hydrogen-bond acceptors (Lipinski definition) is 2.